The van der Waals surface area contributed by atoms with Crippen LogP contribution in [0.3, 0.4) is 0 Å². The van der Waals surface area contributed by atoms with Gasteiger partial charge in [-0.1, -0.05) is 62.8 Å². The third kappa shape index (κ3) is 9.83. The molecule has 2 aromatic carbocycles. The molecule has 3 aliphatic rings. The second-order valence-corrected chi connectivity index (χ2v) is 12.2. The second kappa shape index (κ2) is 15.1. The van der Waals surface area contributed by atoms with Crippen molar-refractivity contribution in [2.24, 2.45) is 0 Å². The lowest BCUT2D eigenvalue weighted by atomic mass is 9.76. The molecule has 0 radical (unpaired) electrons. The van der Waals surface area contributed by atoms with Crippen LogP contribution in [0.25, 0.3) is 0 Å². The van der Waals surface area contributed by atoms with Gasteiger partial charge in [-0.25, -0.2) is 0 Å². The van der Waals surface area contributed by atoms with Crippen molar-refractivity contribution < 1.29 is 18.9 Å². The summed E-state index contributed by atoms with van der Waals surface area (Å²) in [7, 11) is 0. The molecule has 1 aliphatic carbocycles. The molecular weight excluding hydrogens is 484 g/mol. The first-order valence-corrected chi connectivity index (χ1v) is 15.9. The minimum atomic E-state index is 0.576. The highest BCUT2D eigenvalue weighted by molar-refractivity contribution is 5.38. The quantitative estimate of drug-likeness (QED) is 0.141. The first-order valence-electron chi connectivity index (χ1n) is 15.9. The van der Waals surface area contributed by atoms with E-state index in [-0.39, 0.29) is 0 Å². The first-order chi connectivity index (χ1) is 19.2. The zero-order valence-electron chi connectivity index (χ0n) is 24.2. The fourth-order valence-corrected chi connectivity index (χ4v) is 6.18. The van der Waals surface area contributed by atoms with Crippen molar-refractivity contribution in [2.75, 3.05) is 26.4 Å². The van der Waals surface area contributed by atoms with Gasteiger partial charge in [-0.2, -0.15) is 0 Å². The predicted octanol–water partition coefficient (Wildman–Crippen LogP) is 8.89. The molecule has 4 heteroatoms. The van der Waals surface area contributed by atoms with Crippen LogP contribution in [0.15, 0.2) is 42.5 Å². The summed E-state index contributed by atoms with van der Waals surface area (Å²) in [5.74, 6) is 3.42. The summed E-state index contributed by atoms with van der Waals surface area (Å²) in [5, 5.41) is 0. The third-order valence-electron chi connectivity index (χ3n) is 8.92. The summed E-state index contributed by atoms with van der Waals surface area (Å²) >= 11 is 0. The van der Waals surface area contributed by atoms with Crippen LogP contribution in [-0.4, -0.2) is 38.6 Å². The van der Waals surface area contributed by atoms with Gasteiger partial charge in [0.25, 0.3) is 0 Å². The van der Waals surface area contributed by atoms with Gasteiger partial charge in [-0.3, -0.25) is 0 Å². The van der Waals surface area contributed by atoms with E-state index in [0.717, 1.165) is 50.8 Å². The maximum Gasteiger partial charge on any atom is 0.122 e. The van der Waals surface area contributed by atoms with Crippen molar-refractivity contribution in [1.82, 2.24) is 0 Å². The average Bonchev–Trinajstić information content (AvgIpc) is 3.90. The summed E-state index contributed by atoms with van der Waals surface area (Å²) in [4.78, 5) is 0. The van der Waals surface area contributed by atoms with Gasteiger partial charge in [0, 0.05) is 0 Å². The molecular formula is C35H50O4. The van der Waals surface area contributed by atoms with Crippen LogP contribution in [0.1, 0.15) is 118 Å². The highest BCUT2D eigenvalue weighted by Crippen LogP contribution is 2.41. The Bertz CT molecular complexity index is 971. The van der Waals surface area contributed by atoms with Gasteiger partial charge in [-0.15, -0.1) is 0 Å². The van der Waals surface area contributed by atoms with Gasteiger partial charge < -0.3 is 18.9 Å². The SMILES string of the molecule is Cc1cc(C2CCC(c3ccc(OCCCCCCC4CO4)cc3)CC2)ccc1OCCCCCCC1CO1. The summed E-state index contributed by atoms with van der Waals surface area (Å²) in [6.07, 6.45) is 18.6. The van der Waals surface area contributed by atoms with E-state index in [1.165, 1.54) is 93.7 Å². The lowest BCUT2D eigenvalue weighted by Crippen LogP contribution is -2.12. The van der Waals surface area contributed by atoms with E-state index in [4.69, 9.17) is 18.9 Å². The lowest BCUT2D eigenvalue weighted by Gasteiger charge is -2.29. The highest BCUT2D eigenvalue weighted by atomic mass is 16.6. The van der Waals surface area contributed by atoms with E-state index in [1.807, 2.05) is 0 Å². The van der Waals surface area contributed by atoms with Crippen molar-refractivity contribution in [3.63, 3.8) is 0 Å². The van der Waals surface area contributed by atoms with Gasteiger partial charge in [0.2, 0.25) is 0 Å². The Labute approximate surface area is 236 Å². The number of hydrogen-bond donors (Lipinski definition) is 0. The number of hydrogen-bond acceptors (Lipinski definition) is 4. The fourth-order valence-electron chi connectivity index (χ4n) is 6.18. The van der Waals surface area contributed by atoms with Crippen molar-refractivity contribution in [3.05, 3.63) is 59.2 Å². The monoisotopic (exact) mass is 534 g/mol. The van der Waals surface area contributed by atoms with E-state index in [1.54, 1.807) is 0 Å². The van der Waals surface area contributed by atoms with Crippen molar-refractivity contribution in [3.8, 4) is 11.5 Å². The van der Waals surface area contributed by atoms with Crippen LogP contribution in [0, 0.1) is 6.92 Å². The molecule has 3 fully saturated rings. The Morgan fingerprint density at radius 2 is 1.13 bits per heavy atom. The molecule has 0 N–H and O–H groups in total. The molecule has 5 rings (SSSR count). The molecule has 2 atom stereocenters. The van der Waals surface area contributed by atoms with Crippen LogP contribution >= 0.6 is 0 Å². The van der Waals surface area contributed by atoms with E-state index < -0.39 is 0 Å². The van der Waals surface area contributed by atoms with Crippen LogP contribution < -0.4 is 9.47 Å². The summed E-state index contributed by atoms with van der Waals surface area (Å²) in [5.41, 5.74) is 4.25. The second-order valence-electron chi connectivity index (χ2n) is 12.2. The Morgan fingerprint density at radius 3 is 1.69 bits per heavy atom. The minimum Gasteiger partial charge on any atom is -0.494 e. The lowest BCUT2D eigenvalue weighted by molar-refractivity contribution is 0.301. The first kappa shape index (κ1) is 28.5. The molecule has 2 aromatic rings. The molecule has 2 aliphatic heterocycles. The maximum atomic E-state index is 6.12. The molecule has 2 saturated heterocycles. The van der Waals surface area contributed by atoms with Gasteiger partial charge >= 0.3 is 0 Å². The average molecular weight is 535 g/mol. The van der Waals surface area contributed by atoms with Crippen LogP contribution in [0.4, 0.5) is 0 Å². The van der Waals surface area contributed by atoms with Crippen LogP contribution in [0.2, 0.25) is 0 Å². The van der Waals surface area contributed by atoms with Crippen LogP contribution in [0.5, 0.6) is 11.5 Å². The number of unbranched alkanes of at least 4 members (excludes halogenated alkanes) is 6. The molecule has 4 nitrogen and oxygen atoms in total. The van der Waals surface area contributed by atoms with Crippen LogP contribution in [-0.2, 0) is 9.47 Å². The van der Waals surface area contributed by atoms with Crippen molar-refractivity contribution in [1.29, 1.82) is 0 Å². The zero-order valence-corrected chi connectivity index (χ0v) is 24.2. The summed E-state index contributed by atoms with van der Waals surface area (Å²) in [6, 6.07) is 15.9. The van der Waals surface area contributed by atoms with E-state index in [9.17, 15) is 0 Å². The number of benzene rings is 2. The molecule has 0 amide bonds. The molecule has 1 saturated carbocycles. The topological polar surface area (TPSA) is 43.5 Å². The van der Waals surface area contributed by atoms with Gasteiger partial charge in [-0.05, 0) is 105 Å². The Morgan fingerprint density at radius 1 is 0.615 bits per heavy atom. The van der Waals surface area contributed by atoms with Gasteiger partial charge in [0.15, 0.2) is 0 Å². The molecule has 0 bridgehead atoms. The van der Waals surface area contributed by atoms with Gasteiger partial charge in [0.1, 0.15) is 11.5 Å². The molecule has 0 spiro atoms. The Balaban J connectivity index is 0.961. The minimum absolute atomic E-state index is 0.576. The molecule has 2 heterocycles. The number of ether oxygens (including phenoxy) is 4. The van der Waals surface area contributed by atoms with E-state index in [0.29, 0.717) is 24.0 Å². The number of rotatable bonds is 18. The number of epoxide rings is 2. The normalized spacial score (nSPS) is 23.9. The highest BCUT2D eigenvalue weighted by Gasteiger charge is 2.24. The Hall–Kier alpha value is -2.04. The predicted molar refractivity (Wildman–Crippen MR) is 158 cm³/mol. The maximum absolute atomic E-state index is 6.12. The van der Waals surface area contributed by atoms with Crippen molar-refractivity contribution in [2.45, 2.75) is 121 Å². The molecule has 39 heavy (non-hydrogen) atoms. The Kier molecular flexibility index (Phi) is 11.0. The standard InChI is InChI=1S/C35H50O4/c1-27-24-31(18-21-35(27)37-23-9-5-3-7-11-34-26-39-34)30-14-12-28(13-15-30)29-16-19-32(20-17-29)36-22-8-4-2-6-10-33-25-38-33/h16-21,24,28,30,33-34H,2-15,22-23,25-26H2,1H3. The molecule has 2 unspecified atom stereocenters. The molecule has 214 valence electrons. The number of aryl methyl sites for hydroxylation is 1. The van der Waals surface area contributed by atoms with Gasteiger partial charge in [0.05, 0.1) is 38.6 Å². The fraction of sp³-hybridized carbons (Fsp3) is 0.657. The summed E-state index contributed by atoms with van der Waals surface area (Å²) in [6.45, 7) is 5.83. The van der Waals surface area contributed by atoms with Crippen molar-refractivity contribution >= 4 is 0 Å². The van der Waals surface area contributed by atoms with E-state index >= 15 is 0 Å². The zero-order chi connectivity index (χ0) is 26.7. The van der Waals surface area contributed by atoms with E-state index in [2.05, 4.69) is 49.4 Å². The largest absolute Gasteiger partial charge is 0.494 e. The third-order valence-corrected chi connectivity index (χ3v) is 8.92. The summed E-state index contributed by atoms with van der Waals surface area (Å²) < 4.78 is 22.7. The molecule has 0 aromatic heterocycles. The smallest absolute Gasteiger partial charge is 0.122 e.